The summed E-state index contributed by atoms with van der Waals surface area (Å²) in [7, 11) is 0. The summed E-state index contributed by atoms with van der Waals surface area (Å²) < 4.78 is 6.72. The van der Waals surface area contributed by atoms with Gasteiger partial charge in [0.15, 0.2) is 17.4 Å². The average molecular weight is 574 g/mol. The highest BCUT2D eigenvalue weighted by molar-refractivity contribution is 7.19. The van der Waals surface area contributed by atoms with E-state index in [0.717, 1.165) is 70.8 Å². The molecule has 10 nitrogen and oxygen atoms in total. The number of ketones is 1. The van der Waals surface area contributed by atoms with Crippen LogP contribution in [0.15, 0.2) is 42.1 Å². The monoisotopic (exact) mass is 573 g/mol. The van der Waals surface area contributed by atoms with Crippen LogP contribution in [0, 0.1) is 0 Å². The topological polar surface area (TPSA) is 108 Å². The van der Waals surface area contributed by atoms with Crippen molar-refractivity contribution in [3.05, 3.63) is 47.0 Å². The van der Waals surface area contributed by atoms with Crippen molar-refractivity contribution in [2.45, 2.75) is 33.2 Å². The molecule has 41 heavy (non-hydrogen) atoms. The predicted octanol–water partition coefficient (Wildman–Crippen LogP) is 4.03. The number of carbonyl (C=O) groups excluding carboxylic acids is 2. The second kappa shape index (κ2) is 12.1. The number of amides is 1. The number of fused-ring (bicyclic) bond motifs is 2. The lowest BCUT2D eigenvalue weighted by Gasteiger charge is -2.34. The molecule has 3 aromatic heterocycles. The van der Waals surface area contributed by atoms with Crippen LogP contribution in [0.2, 0.25) is 0 Å². The Morgan fingerprint density at radius 3 is 2.66 bits per heavy atom. The van der Waals surface area contributed by atoms with Crippen molar-refractivity contribution in [3.8, 4) is 11.4 Å². The molecule has 1 aromatic carbocycles. The molecule has 2 saturated heterocycles. The molecule has 6 rings (SSSR count). The number of Topliss-reactive ketones (excluding diaryl/α,β-unsaturated/α-hetero) is 1. The summed E-state index contributed by atoms with van der Waals surface area (Å²) in [6, 6.07) is 8.25. The van der Waals surface area contributed by atoms with Gasteiger partial charge in [0.05, 0.1) is 35.1 Å². The summed E-state index contributed by atoms with van der Waals surface area (Å²) in [4.78, 5) is 42.7. The van der Waals surface area contributed by atoms with Crippen LogP contribution in [-0.2, 0) is 20.9 Å². The molecule has 1 amide bonds. The maximum Gasteiger partial charge on any atom is 0.223 e. The Bertz CT molecular complexity index is 1600. The van der Waals surface area contributed by atoms with Crippen molar-refractivity contribution < 1.29 is 14.3 Å². The molecule has 2 aliphatic heterocycles. The Hall–Kier alpha value is -3.67. The minimum Gasteiger partial charge on any atom is -0.378 e. The maximum atomic E-state index is 12.7. The lowest BCUT2D eigenvalue weighted by Crippen LogP contribution is -2.48. The van der Waals surface area contributed by atoms with Gasteiger partial charge in [0.2, 0.25) is 5.91 Å². The van der Waals surface area contributed by atoms with E-state index in [1.807, 2.05) is 36.2 Å². The molecule has 5 heterocycles. The second-order valence-corrected chi connectivity index (χ2v) is 11.7. The number of hydrogen-bond donors (Lipinski definition) is 1. The average Bonchev–Trinajstić information content (AvgIpc) is 3.66. The van der Waals surface area contributed by atoms with Crippen LogP contribution < -0.4 is 4.90 Å². The number of nitrogens with zero attached hydrogens (tertiary/aromatic N) is 6. The lowest BCUT2D eigenvalue weighted by atomic mass is 10.1. The zero-order chi connectivity index (χ0) is 28.3. The zero-order valence-electron chi connectivity index (χ0n) is 23.6. The fraction of sp³-hybridized carbons (Fsp3) is 0.433. The van der Waals surface area contributed by atoms with Gasteiger partial charge in [-0.2, -0.15) is 5.10 Å². The number of aromatic nitrogens is 4. The van der Waals surface area contributed by atoms with E-state index in [-0.39, 0.29) is 24.5 Å². The van der Waals surface area contributed by atoms with E-state index >= 15 is 0 Å². The largest absolute Gasteiger partial charge is 0.378 e. The van der Waals surface area contributed by atoms with Gasteiger partial charge in [-0.15, -0.1) is 11.3 Å². The third kappa shape index (κ3) is 5.88. The number of carbonyl (C=O) groups is 2. The molecule has 0 saturated carbocycles. The molecule has 0 atom stereocenters. The maximum absolute atomic E-state index is 12.7. The van der Waals surface area contributed by atoms with Crippen molar-refractivity contribution >= 4 is 50.0 Å². The molecule has 0 unspecified atom stereocenters. The van der Waals surface area contributed by atoms with Crippen molar-refractivity contribution in [1.29, 1.82) is 0 Å². The summed E-state index contributed by atoms with van der Waals surface area (Å²) >= 11 is 1.75. The highest BCUT2D eigenvalue weighted by Gasteiger charge is 2.24. The molecule has 0 radical (unpaired) electrons. The van der Waals surface area contributed by atoms with E-state index in [9.17, 15) is 9.59 Å². The fourth-order valence-corrected chi connectivity index (χ4v) is 6.58. The minimum atomic E-state index is 0.0494. The number of aromatic amines is 1. The number of allylic oxidation sites excluding steroid dienone is 2. The van der Waals surface area contributed by atoms with E-state index < -0.39 is 0 Å². The summed E-state index contributed by atoms with van der Waals surface area (Å²) in [6.45, 7) is 10.4. The quantitative estimate of drug-likeness (QED) is 0.315. The van der Waals surface area contributed by atoms with Crippen molar-refractivity contribution in [3.63, 3.8) is 0 Å². The van der Waals surface area contributed by atoms with Gasteiger partial charge >= 0.3 is 0 Å². The number of ether oxygens (including phenoxy) is 1. The van der Waals surface area contributed by atoms with Gasteiger partial charge in [-0.25, -0.2) is 9.97 Å². The first-order chi connectivity index (χ1) is 20.0. The smallest absolute Gasteiger partial charge is 0.223 e. The molecule has 0 aliphatic carbocycles. The molecular weight excluding hydrogens is 538 g/mol. The normalized spacial score (nSPS) is 17.1. The van der Waals surface area contributed by atoms with Gasteiger partial charge in [-0.05, 0) is 31.6 Å². The van der Waals surface area contributed by atoms with E-state index in [4.69, 9.17) is 14.7 Å². The first kappa shape index (κ1) is 27.5. The Kier molecular flexibility index (Phi) is 8.09. The summed E-state index contributed by atoms with van der Waals surface area (Å²) in [5.41, 5.74) is 3.59. The van der Waals surface area contributed by atoms with E-state index in [2.05, 4.69) is 26.1 Å². The van der Waals surface area contributed by atoms with Crippen molar-refractivity contribution in [2.24, 2.45) is 0 Å². The molecule has 11 heteroatoms. The number of anilines is 1. The summed E-state index contributed by atoms with van der Waals surface area (Å²) in [6.07, 6.45) is 4.19. The number of hydrogen-bond acceptors (Lipinski definition) is 9. The number of nitrogens with one attached hydrogen (secondary N) is 1. The third-order valence-corrected chi connectivity index (χ3v) is 9.09. The van der Waals surface area contributed by atoms with Crippen LogP contribution in [0.3, 0.4) is 0 Å². The van der Waals surface area contributed by atoms with E-state index in [1.54, 1.807) is 24.3 Å². The zero-order valence-corrected chi connectivity index (χ0v) is 24.4. The van der Waals surface area contributed by atoms with Crippen molar-refractivity contribution in [1.82, 2.24) is 30.0 Å². The van der Waals surface area contributed by atoms with Crippen LogP contribution in [0.1, 0.15) is 31.6 Å². The van der Waals surface area contributed by atoms with Crippen LogP contribution in [0.4, 0.5) is 5.82 Å². The van der Waals surface area contributed by atoms with Gasteiger partial charge in [0, 0.05) is 74.5 Å². The Labute approximate surface area is 243 Å². The van der Waals surface area contributed by atoms with Gasteiger partial charge in [-0.3, -0.25) is 19.6 Å². The molecule has 2 aliphatic rings. The minimum absolute atomic E-state index is 0.0494. The third-order valence-electron chi connectivity index (χ3n) is 7.98. The molecule has 4 aromatic rings. The Morgan fingerprint density at radius 2 is 1.88 bits per heavy atom. The van der Waals surface area contributed by atoms with Gasteiger partial charge < -0.3 is 14.5 Å². The Morgan fingerprint density at radius 1 is 1.07 bits per heavy atom. The number of H-pyrrole nitrogens is 1. The highest BCUT2D eigenvalue weighted by atomic mass is 32.1. The predicted molar refractivity (Wildman–Crippen MR) is 161 cm³/mol. The fourth-order valence-electron chi connectivity index (χ4n) is 5.43. The molecule has 0 spiro atoms. The standard InChI is InChI=1S/C30H35N7O3S/c1-3-20(2)26(38)7-8-27(39)36-11-9-35(10-12-36)19-21-17-25-28(41-21)30(37-13-15-40-16-14-37)33-29(32-25)22-5-4-6-24-23(22)18-31-34-24/h3-6,17-18H,7-16,19H2,1-2H3,(H,31,34). The van der Waals surface area contributed by atoms with Crippen molar-refractivity contribution in [2.75, 3.05) is 57.4 Å². The van der Waals surface area contributed by atoms with Crippen LogP contribution in [-0.4, -0.2) is 94.1 Å². The van der Waals surface area contributed by atoms with Gasteiger partial charge in [-0.1, -0.05) is 18.2 Å². The molecule has 0 bridgehead atoms. The van der Waals surface area contributed by atoms with Crippen LogP contribution >= 0.6 is 11.3 Å². The van der Waals surface area contributed by atoms with Gasteiger partial charge in [0.25, 0.3) is 0 Å². The number of benzene rings is 1. The van der Waals surface area contributed by atoms with Crippen LogP contribution in [0.5, 0.6) is 0 Å². The summed E-state index contributed by atoms with van der Waals surface area (Å²) in [5.74, 6) is 1.77. The number of piperazine rings is 1. The number of rotatable bonds is 8. The first-order valence-electron chi connectivity index (χ1n) is 14.2. The molecule has 2 fully saturated rings. The molecule has 214 valence electrons. The SMILES string of the molecule is CC=C(C)C(=O)CCC(=O)N1CCN(Cc2cc3nc(-c4cccc5[nH]ncc45)nc(N4CCOCC4)c3s2)CC1. The Balaban J connectivity index is 1.19. The summed E-state index contributed by atoms with van der Waals surface area (Å²) in [5, 5.41) is 8.27. The lowest BCUT2D eigenvalue weighted by molar-refractivity contribution is -0.134. The number of morpholine rings is 1. The highest BCUT2D eigenvalue weighted by Crippen LogP contribution is 2.36. The van der Waals surface area contributed by atoms with Gasteiger partial charge in [0.1, 0.15) is 0 Å². The molecular formula is C30H35N7O3S. The van der Waals surface area contributed by atoms with Crippen LogP contribution in [0.25, 0.3) is 32.5 Å². The van der Waals surface area contributed by atoms with E-state index in [1.165, 1.54) is 4.88 Å². The van der Waals surface area contributed by atoms with E-state index in [0.29, 0.717) is 32.1 Å². The number of thiophene rings is 1. The first-order valence-corrected chi connectivity index (χ1v) is 15.0. The molecule has 1 N–H and O–H groups in total. The second-order valence-electron chi connectivity index (χ2n) is 10.6.